The Hall–Kier alpha value is -0.770. The van der Waals surface area contributed by atoms with Crippen LogP contribution in [-0.2, 0) is 0 Å². The number of nitrogens with zero attached hydrogens (tertiary/aromatic N) is 2. The Morgan fingerprint density at radius 1 is 1.44 bits per heavy atom. The maximum atomic E-state index is 12.2. The lowest BCUT2D eigenvalue weighted by molar-refractivity contribution is 0.112. The van der Waals surface area contributed by atoms with E-state index in [9.17, 15) is 4.79 Å². The van der Waals surface area contributed by atoms with Crippen molar-refractivity contribution in [1.82, 2.24) is 9.80 Å². The highest BCUT2D eigenvalue weighted by molar-refractivity contribution is 5.74. The van der Waals surface area contributed by atoms with Gasteiger partial charge in [-0.15, -0.1) is 0 Å². The zero-order chi connectivity index (χ0) is 12.1. The molecule has 1 heterocycles. The van der Waals surface area contributed by atoms with Gasteiger partial charge in [0.05, 0.1) is 6.61 Å². The summed E-state index contributed by atoms with van der Waals surface area (Å²) in [5.41, 5.74) is 0. The van der Waals surface area contributed by atoms with Gasteiger partial charge in [0.2, 0.25) is 0 Å². The summed E-state index contributed by atoms with van der Waals surface area (Å²) in [6, 6.07) is 0.231. The molecule has 4 nitrogen and oxygen atoms in total. The van der Waals surface area contributed by atoms with Crippen LogP contribution in [0.1, 0.15) is 33.6 Å². The van der Waals surface area contributed by atoms with Crippen LogP contribution in [0.2, 0.25) is 0 Å². The quantitative estimate of drug-likeness (QED) is 0.796. The highest BCUT2D eigenvalue weighted by Crippen LogP contribution is 2.17. The van der Waals surface area contributed by atoms with Crippen LogP contribution in [0.25, 0.3) is 0 Å². The van der Waals surface area contributed by atoms with E-state index in [4.69, 9.17) is 5.11 Å². The number of likely N-dealkylation sites (tertiary alicyclic amines) is 1. The van der Waals surface area contributed by atoms with Crippen molar-refractivity contribution >= 4 is 6.03 Å². The molecule has 0 saturated carbocycles. The van der Waals surface area contributed by atoms with Crippen LogP contribution < -0.4 is 0 Å². The summed E-state index contributed by atoms with van der Waals surface area (Å²) in [5, 5.41) is 8.96. The number of hydrogen-bond acceptors (Lipinski definition) is 2. The predicted octanol–water partition coefficient (Wildman–Crippen LogP) is 1.54. The highest BCUT2D eigenvalue weighted by atomic mass is 16.3. The largest absolute Gasteiger partial charge is 0.395 e. The minimum atomic E-state index is 0.0359. The van der Waals surface area contributed by atoms with E-state index in [-0.39, 0.29) is 18.7 Å². The first-order valence-electron chi connectivity index (χ1n) is 6.22. The molecule has 16 heavy (non-hydrogen) atoms. The van der Waals surface area contributed by atoms with Gasteiger partial charge in [-0.2, -0.15) is 0 Å². The molecule has 2 amide bonds. The molecule has 0 radical (unpaired) electrons. The molecule has 1 aliphatic heterocycles. The van der Waals surface area contributed by atoms with Gasteiger partial charge in [-0.05, 0) is 32.6 Å². The van der Waals surface area contributed by atoms with Crippen LogP contribution in [0.15, 0.2) is 0 Å². The first-order valence-corrected chi connectivity index (χ1v) is 6.22. The van der Waals surface area contributed by atoms with Gasteiger partial charge in [0.25, 0.3) is 0 Å². The molecule has 4 heteroatoms. The molecule has 0 unspecified atom stereocenters. The molecule has 1 aliphatic rings. The van der Waals surface area contributed by atoms with Crippen molar-refractivity contribution < 1.29 is 9.90 Å². The molecule has 1 fully saturated rings. The zero-order valence-corrected chi connectivity index (χ0v) is 10.6. The molecule has 0 aromatic carbocycles. The van der Waals surface area contributed by atoms with Gasteiger partial charge in [0, 0.05) is 25.7 Å². The van der Waals surface area contributed by atoms with Crippen LogP contribution >= 0.6 is 0 Å². The predicted molar refractivity (Wildman–Crippen MR) is 64.3 cm³/mol. The number of piperidine rings is 1. The zero-order valence-electron chi connectivity index (χ0n) is 10.6. The number of amides is 2. The normalized spacial score (nSPS) is 17.9. The average molecular weight is 228 g/mol. The molecule has 1 rings (SSSR count). The fraction of sp³-hybridized carbons (Fsp3) is 0.917. The number of urea groups is 1. The van der Waals surface area contributed by atoms with Gasteiger partial charge in [-0.25, -0.2) is 4.79 Å². The summed E-state index contributed by atoms with van der Waals surface area (Å²) in [4.78, 5) is 15.8. The molecule has 0 spiro atoms. The maximum absolute atomic E-state index is 12.2. The van der Waals surface area contributed by atoms with Crippen LogP contribution in [0, 0.1) is 5.92 Å². The van der Waals surface area contributed by atoms with E-state index in [1.807, 2.05) is 18.7 Å². The number of aliphatic hydroxyl groups is 1. The summed E-state index contributed by atoms with van der Waals surface area (Å²) < 4.78 is 0. The molecular formula is C12H24N2O2. The minimum absolute atomic E-state index is 0.0359. The Morgan fingerprint density at radius 3 is 2.44 bits per heavy atom. The van der Waals surface area contributed by atoms with Crippen molar-refractivity contribution in [2.45, 2.75) is 39.7 Å². The SMILES string of the molecule is CC1CCN(C(=O)N(CCO)C(C)C)CC1. The molecule has 0 atom stereocenters. The maximum Gasteiger partial charge on any atom is 0.320 e. The molecule has 0 aromatic heterocycles. The lowest BCUT2D eigenvalue weighted by atomic mass is 9.99. The van der Waals surface area contributed by atoms with E-state index in [1.165, 1.54) is 0 Å². The van der Waals surface area contributed by atoms with E-state index >= 15 is 0 Å². The van der Waals surface area contributed by atoms with E-state index in [0.717, 1.165) is 31.8 Å². The Bertz CT molecular complexity index is 223. The monoisotopic (exact) mass is 228 g/mol. The second-order valence-electron chi connectivity index (χ2n) is 4.96. The number of rotatable bonds is 3. The summed E-state index contributed by atoms with van der Waals surface area (Å²) in [6.07, 6.45) is 2.19. The Balaban J connectivity index is 2.53. The molecule has 94 valence electrons. The standard InChI is InChI=1S/C12H24N2O2/c1-10(2)14(8-9-15)12(16)13-6-4-11(3)5-7-13/h10-11,15H,4-9H2,1-3H3. The van der Waals surface area contributed by atoms with Crippen molar-refractivity contribution in [1.29, 1.82) is 0 Å². The third-order valence-electron chi connectivity index (χ3n) is 3.26. The third-order valence-corrected chi connectivity index (χ3v) is 3.26. The molecular weight excluding hydrogens is 204 g/mol. The Morgan fingerprint density at radius 2 is 2.00 bits per heavy atom. The van der Waals surface area contributed by atoms with Gasteiger partial charge in [-0.1, -0.05) is 6.92 Å². The van der Waals surface area contributed by atoms with Crippen molar-refractivity contribution in [2.24, 2.45) is 5.92 Å². The molecule has 0 aromatic rings. The molecule has 1 N–H and O–H groups in total. The number of carbonyl (C=O) groups excluding carboxylic acids is 1. The first kappa shape index (κ1) is 13.3. The first-order chi connectivity index (χ1) is 7.56. The van der Waals surface area contributed by atoms with Crippen LogP contribution in [-0.4, -0.2) is 53.2 Å². The van der Waals surface area contributed by atoms with Gasteiger partial charge in [0.1, 0.15) is 0 Å². The lowest BCUT2D eigenvalue weighted by Crippen LogP contribution is -2.49. The number of aliphatic hydroxyl groups excluding tert-OH is 1. The number of hydrogen-bond donors (Lipinski definition) is 1. The van der Waals surface area contributed by atoms with Crippen LogP contribution in [0.4, 0.5) is 4.79 Å². The van der Waals surface area contributed by atoms with Gasteiger partial charge in [0.15, 0.2) is 0 Å². The summed E-state index contributed by atoms with van der Waals surface area (Å²) in [6.45, 7) is 8.38. The third kappa shape index (κ3) is 3.37. The topological polar surface area (TPSA) is 43.8 Å². The Labute approximate surface area is 98.2 Å². The van der Waals surface area contributed by atoms with E-state index in [1.54, 1.807) is 4.90 Å². The fourth-order valence-electron chi connectivity index (χ4n) is 2.06. The number of carbonyl (C=O) groups is 1. The smallest absolute Gasteiger partial charge is 0.320 e. The van der Waals surface area contributed by atoms with Crippen LogP contribution in [0.3, 0.4) is 0 Å². The molecule has 1 saturated heterocycles. The Kier molecular flexibility index (Phi) is 5.06. The van der Waals surface area contributed by atoms with Crippen LogP contribution in [0.5, 0.6) is 0 Å². The van der Waals surface area contributed by atoms with E-state index in [0.29, 0.717) is 6.54 Å². The highest BCUT2D eigenvalue weighted by Gasteiger charge is 2.25. The summed E-state index contributed by atoms with van der Waals surface area (Å²) in [7, 11) is 0. The van der Waals surface area contributed by atoms with Gasteiger partial charge in [-0.3, -0.25) is 0 Å². The minimum Gasteiger partial charge on any atom is -0.395 e. The average Bonchev–Trinajstić information content (AvgIpc) is 2.25. The van der Waals surface area contributed by atoms with E-state index in [2.05, 4.69) is 6.92 Å². The van der Waals surface area contributed by atoms with Crippen molar-refractivity contribution in [3.05, 3.63) is 0 Å². The van der Waals surface area contributed by atoms with Gasteiger partial charge < -0.3 is 14.9 Å². The second-order valence-corrected chi connectivity index (χ2v) is 4.96. The van der Waals surface area contributed by atoms with Crippen molar-refractivity contribution in [2.75, 3.05) is 26.2 Å². The van der Waals surface area contributed by atoms with Crippen molar-refractivity contribution in [3.8, 4) is 0 Å². The molecule has 0 bridgehead atoms. The summed E-state index contributed by atoms with van der Waals surface area (Å²) in [5.74, 6) is 0.731. The van der Waals surface area contributed by atoms with Gasteiger partial charge >= 0.3 is 6.03 Å². The summed E-state index contributed by atoms with van der Waals surface area (Å²) >= 11 is 0. The molecule has 0 aliphatic carbocycles. The van der Waals surface area contributed by atoms with Crippen molar-refractivity contribution in [3.63, 3.8) is 0 Å². The second kappa shape index (κ2) is 6.09. The lowest BCUT2D eigenvalue weighted by Gasteiger charge is -2.36. The fourth-order valence-corrected chi connectivity index (χ4v) is 2.06. The van der Waals surface area contributed by atoms with E-state index < -0.39 is 0 Å².